The average Bonchev–Trinajstić information content (AvgIpc) is 3.31. The number of ether oxygens (including phenoxy) is 2. The smallest absolute Gasteiger partial charge is 0.268 e. The Kier molecular flexibility index (Phi) is 5.11. The molecule has 126 valence electrons. The van der Waals surface area contributed by atoms with E-state index in [1.807, 2.05) is 30.5 Å². The maximum Gasteiger partial charge on any atom is 0.268 e. The second-order valence-electron chi connectivity index (χ2n) is 4.91. The van der Waals surface area contributed by atoms with Crippen LogP contribution in [-0.2, 0) is 0 Å². The minimum atomic E-state index is 0.180. The predicted octanol–water partition coefficient (Wildman–Crippen LogP) is 4.27. The Morgan fingerprint density at radius 1 is 1.36 bits per heavy atom. The molecule has 0 atom stereocenters. The summed E-state index contributed by atoms with van der Waals surface area (Å²) in [6.07, 6.45) is 1.67. The van der Waals surface area contributed by atoms with E-state index in [0.29, 0.717) is 23.9 Å². The number of nitrogens with zero attached hydrogens (tertiary/aromatic N) is 3. The van der Waals surface area contributed by atoms with Crippen LogP contribution >= 0.6 is 11.3 Å². The van der Waals surface area contributed by atoms with Crippen LogP contribution in [0.3, 0.4) is 0 Å². The zero-order valence-electron chi connectivity index (χ0n) is 13.7. The molecule has 0 saturated heterocycles. The standard InChI is InChI=1S/C18H15N3O3S/c1-3-23-15-10-12(6-7-14(15)22-2)9-13(11-19)18-20-17(21-24-18)16-5-4-8-25-16/h4-10H,3H2,1-2H3/b13-9+. The molecule has 0 N–H and O–H groups in total. The maximum absolute atomic E-state index is 9.45. The van der Waals surface area contributed by atoms with E-state index in [-0.39, 0.29) is 11.5 Å². The molecule has 0 unspecified atom stereocenters. The van der Waals surface area contributed by atoms with Crippen molar-refractivity contribution in [1.29, 1.82) is 5.26 Å². The molecule has 2 aromatic heterocycles. The van der Waals surface area contributed by atoms with Gasteiger partial charge in [-0.3, -0.25) is 0 Å². The van der Waals surface area contributed by atoms with Gasteiger partial charge in [-0.2, -0.15) is 10.2 Å². The number of thiophene rings is 1. The van der Waals surface area contributed by atoms with E-state index in [2.05, 4.69) is 16.2 Å². The number of aromatic nitrogens is 2. The van der Waals surface area contributed by atoms with Crippen molar-refractivity contribution in [3.05, 3.63) is 47.2 Å². The first kappa shape index (κ1) is 16.7. The van der Waals surface area contributed by atoms with Crippen LogP contribution in [0.15, 0.2) is 40.2 Å². The first-order valence-corrected chi connectivity index (χ1v) is 8.43. The fourth-order valence-corrected chi connectivity index (χ4v) is 2.85. The van der Waals surface area contributed by atoms with E-state index in [9.17, 15) is 5.26 Å². The van der Waals surface area contributed by atoms with Crippen molar-refractivity contribution in [2.75, 3.05) is 13.7 Å². The lowest BCUT2D eigenvalue weighted by molar-refractivity contribution is 0.311. The van der Waals surface area contributed by atoms with Gasteiger partial charge in [-0.1, -0.05) is 17.3 Å². The zero-order chi connectivity index (χ0) is 17.6. The molecule has 0 bridgehead atoms. The van der Waals surface area contributed by atoms with Gasteiger partial charge >= 0.3 is 0 Å². The fourth-order valence-electron chi connectivity index (χ4n) is 2.20. The average molecular weight is 353 g/mol. The molecule has 25 heavy (non-hydrogen) atoms. The maximum atomic E-state index is 9.45. The lowest BCUT2D eigenvalue weighted by Gasteiger charge is -2.09. The third-order valence-corrected chi connectivity index (χ3v) is 4.18. The van der Waals surface area contributed by atoms with Crippen molar-refractivity contribution in [3.63, 3.8) is 0 Å². The van der Waals surface area contributed by atoms with Gasteiger partial charge in [-0.05, 0) is 42.1 Å². The van der Waals surface area contributed by atoms with Gasteiger partial charge in [0.05, 0.1) is 18.6 Å². The highest BCUT2D eigenvalue weighted by atomic mass is 32.1. The molecule has 0 aliphatic rings. The molecule has 0 amide bonds. The second-order valence-corrected chi connectivity index (χ2v) is 5.86. The Labute approximate surface area is 148 Å². The number of benzene rings is 1. The monoisotopic (exact) mass is 353 g/mol. The van der Waals surface area contributed by atoms with E-state index < -0.39 is 0 Å². The Morgan fingerprint density at radius 3 is 2.92 bits per heavy atom. The molecular weight excluding hydrogens is 338 g/mol. The van der Waals surface area contributed by atoms with Gasteiger partial charge in [0.1, 0.15) is 11.6 Å². The summed E-state index contributed by atoms with van der Waals surface area (Å²) in [7, 11) is 1.58. The van der Waals surface area contributed by atoms with Gasteiger partial charge in [0, 0.05) is 0 Å². The fraction of sp³-hybridized carbons (Fsp3) is 0.167. The lowest BCUT2D eigenvalue weighted by Crippen LogP contribution is -1.95. The Morgan fingerprint density at radius 2 is 2.24 bits per heavy atom. The number of methoxy groups -OCH3 is 1. The number of hydrogen-bond donors (Lipinski definition) is 0. The van der Waals surface area contributed by atoms with Crippen LogP contribution in [0, 0.1) is 11.3 Å². The Bertz CT molecular complexity index is 923. The summed E-state index contributed by atoms with van der Waals surface area (Å²) in [5.74, 6) is 1.90. The van der Waals surface area contributed by atoms with Crippen molar-refractivity contribution in [2.24, 2.45) is 0 Å². The van der Waals surface area contributed by atoms with Crippen molar-refractivity contribution < 1.29 is 14.0 Å². The van der Waals surface area contributed by atoms with Crippen LogP contribution in [0.5, 0.6) is 11.5 Å². The third kappa shape index (κ3) is 3.70. The van der Waals surface area contributed by atoms with Gasteiger partial charge in [0.2, 0.25) is 5.82 Å². The van der Waals surface area contributed by atoms with Crippen LogP contribution in [0.4, 0.5) is 0 Å². The summed E-state index contributed by atoms with van der Waals surface area (Å²) in [6.45, 7) is 2.41. The van der Waals surface area contributed by atoms with Gasteiger partial charge < -0.3 is 14.0 Å². The van der Waals surface area contributed by atoms with Gasteiger partial charge in [0.25, 0.3) is 5.89 Å². The SMILES string of the molecule is CCOc1cc(/C=C(\C#N)c2nc(-c3cccs3)no2)ccc1OC. The molecule has 6 nitrogen and oxygen atoms in total. The zero-order valence-corrected chi connectivity index (χ0v) is 14.5. The molecule has 0 aliphatic heterocycles. The molecule has 0 aliphatic carbocycles. The van der Waals surface area contributed by atoms with E-state index in [1.54, 1.807) is 25.3 Å². The van der Waals surface area contributed by atoms with Crippen molar-refractivity contribution in [2.45, 2.75) is 6.92 Å². The molecular formula is C18H15N3O3S. The third-order valence-electron chi connectivity index (χ3n) is 3.32. The molecule has 3 rings (SSSR count). The summed E-state index contributed by atoms with van der Waals surface area (Å²) in [5, 5.41) is 15.3. The minimum absolute atomic E-state index is 0.180. The van der Waals surface area contributed by atoms with Crippen LogP contribution in [-0.4, -0.2) is 23.9 Å². The summed E-state index contributed by atoms with van der Waals surface area (Å²) in [4.78, 5) is 5.18. The molecule has 3 aromatic rings. The topological polar surface area (TPSA) is 81.2 Å². The summed E-state index contributed by atoms with van der Waals surface area (Å²) in [5.41, 5.74) is 1.06. The normalized spacial score (nSPS) is 11.2. The Balaban J connectivity index is 1.93. The number of hydrogen-bond acceptors (Lipinski definition) is 7. The highest BCUT2D eigenvalue weighted by molar-refractivity contribution is 7.13. The van der Waals surface area contributed by atoms with E-state index in [4.69, 9.17) is 14.0 Å². The number of allylic oxidation sites excluding steroid dienone is 1. The highest BCUT2D eigenvalue weighted by Crippen LogP contribution is 2.30. The van der Waals surface area contributed by atoms with Crippen LogP contribution in [0.25, 0.3) is 22.4 Å². The summed E-state index contributed by atoms with van der Waals surface area (Å²) < 4.78 is 16.1. The van der Waals surface area contributed by atoms with Gasteiger partial charge in [-0.25, -0.2) is 0 Å². The molecule has 0 fully saturated rings. The number of rotatable bonds is 6. The quantitative estimate of drug-likeness (QED) is 0.616. The second kappa shape index (κ2) is 7.64. The van der Waals surface area contributed by atoms with Crippen LogP contribution in [0.2, 0.25) is 0 Å². The lowest BCUT2D eigenvalue weighted by atomic mass is 10.1. The molecule has 7 heteroatoms. The molecule has 2 heterocycles. The summed E-state index contributed by atoms with van der Waals surface area (Å²) >= 11 is 1.51. The first-order chi connectivity index (χ1) is 12.2. The van der Waals surface area contributed by atoms with Crippen molar-refractivity contribution in [1.82, 2.24) is 10.1 Å². The van der Waals surface area contributed by atoms with Crippen molar-refractivity contribution >= 4 is 23.0 Å². The van der Waals surface area contributed by atoms with Crippen LogP contribution in [0.1, 0.15) is 18.4 Å². The largest absolute Gasteiger partial charge is 0.493 e. The van der Waals surface area contributed by atoms with Crippen LogP contribution < -0.4 is 9.47 Å². The molecule has 0 radical (unpaired) electrons. The molecule has 0 saturated carbocycles. The van der Waals surface area contributed by atoms with Crippen molar-refractivity contribution in [3.8, 4) is 28.3 Å². The highest BCUT2D eigenvalue weighted by Gasteiger charge is 2.14. The predicted molar refractivity (Wildman–Crippen MR) is 95.3 cm³/mol. The molecule has 0 spiro atoms. The summed E-state index contributed by atoms with van der Waals surface area (Å²) in [6, 6.07) is 11.3. The van der Waals surface area contributed by atoms with E-state index in [0.717, 1.165) is 10.4 Å². The van der Waals surface area contributed by atoms with E-state index in [1.165, 1.54) is 11.3 Å². The first-order valence-electron chi connectivity index (χ1n) is 7.55. The van der Waals surface area contributed by atoms with Gasteiger partial charge in [0.15, 0.2) is 11.5 Å². The Hall–Kier alpha value is -3.11. The van der Waals surface area contributed by atoms with E-state index >= 15 is 0 Å². The molecule has 1 aromatic carbocycles. The van der Waals surface area contributed by atoms with Gasteiger partial charge in [-0.15, -0.1) is 11.3 Å². The minimum Gasteiger partial charge on any atom is -0.493 e. The number of nitriles is 1.